The fourth-order valence-corrected chi connectivity index (χ4v) is 4.50. The molecule has 4 atom stereocenters. The van der Waals surface area contributed by atoms with Gasteiger partial charge in [-0.2, -0.15) is 0 Å². The van der Waals surface area contributed by atoms with E-state index in [0.717, 1.165) is 12.8 Å². The van der Waals surface area contributed by atoms with Crippen LogP contribution in [0.5, 0.6) is 0 Å². The fraction of sp³-hybridized carbons (Fsp3) is 0.867. The van der Waals surface area contributed by atoms with Crippen LogP contribution in [0.2, 0.25) is 0 Å². The lowest BCUT2D eigenvalue weighted by Gasteiger charge is -2.57. The molecular formula is C15H26O2. The van der Waals surface area contributed by atoms with E-state index < -0.39 is 0 Å². The molecule has 0 saturated heterocycles. The van der Waals surface area contributed by atoms with Gasteiger partial charge in [0.05, 0.1) is 6.61 Å². The predicted octanol–water partition coefficient (Wildman–Crippen LogP) is 2.75. The molecule has 0 unspecified atom stereocenters. The topological polar surface area (TPSA) is 40.5 Å². The summed E-state index contributed by atoms with van der Waals surface area (Å²) in [5.41, 5.74) is 1.55. The van der Waals surface area contributed by atoms with E-state index in [4.69, 9.17) is 0 Å². The van der Waals surface area contributed by atoms with Crippen molar-refractivity contribution in [2.45, 2.75) is 46.5 Å². The van der Waals surface area contributed by atoms with Crippen molar-refractivity contribution in [1.29, 1.82) is 0 Å². The zero-order chi connectivity index (χ0) is 12.7. The first-order chi connectivity index (χ1) is 7.98. The van der Waals surface area contributed by atoms with E-state index in [-0.39, 0.29) is 30.0 Å². The van der Waals surface area contributed by atoms with Crippen molar-refractivity contribution in [2.24, 2.45) is 22.7 Å². The minimum Gasteiger partial charge on any atom is -0.396 e. The summed E-state index contributed by atoms with van der Waals surface area (Å²) in [5.74, 6) is 0.794. The summed E-state index contributed by atoms with van der Waals surface area (Å²) in [6, 6.07) is 0. The Bertz CT molecular complexity index is 323. The molecule has 2 aliphatic rings. The molecule has 0 radical (unpaired) electrons. The van der Waals surface area contributed by atoms with Crippen LogP contribution in [0.1, 0.15) is 46.5 Å². The maximum atomic E-state index is 9.75. The Kier molecular flexibility index (Phi) is 3.39. The van der Waals surface area contributed by atoms with Crippen LogP contribution in [0.15, 0.2) is 11.6 Å². The van der Waals surface area contributed by atoms with Gasteiger partial charge in [-0.05, 0) is 42.9 Å². The maximum Gasteiger partial charge on any atom is 0.0501 e. The van der Waals surface area contributed by atoms with Gasteiger partial charge >= 0.3 is 0 Å². The minimum absolute atomic E-state index is 0.0393. The number of hydrogen-bond acceptors (Lipinski definition) is 2. The number of aliphatic hydroxyl groups is 2. The van der Waals surface area contributed by atoms with Crippen LogP contribution in [0.25, 0.3) is 0 Å². The average Bonchev–Trinajstić information content (AvgIpc) is 2.28. The Morgan fingerprint density at radius 3 is 2.59 bits per heavy atom. The fourth-order valence-electron chi connectivity index (χ4n) is 4.50. The Balaban J connectivity index is 2.39. The van der Waals surface area contributed by atoms with Crippen molar-refractivity contribution < 1.29 is 10.2 Å². The molecule has 2 heteroatoms. The third kappa shape index (κ3) is 1.86. The molecule has 0 amide bonds. The van der Waals surface area contributed by atoms with Gasteiger partial charge in [-0.3, -0.25) is 0 Å². The third-order valence-corrected chi connectivity index (χ3v) is 5.67. The van der Waals surface area contributed by atoms with E-state index in [9.17, 15) is 10.2 Å². The summed E-state index contributed by atoms with van der Waals surface area (Å²) in [6.07, 6.45) is 6.83. The first-order valence-electron chi connectivity index (χ1n) is 6.86. The summed E-state index contributed by atoms with van der Waals surface area (Å²) in [4.78, 5) is 0. The summed E-state index contributed by atoms with van der Waals surface area (Å²) in [5, 5.41) is 19.5. The minimum atomic E-state index is 0.0393. The Hall–Kier alpha value is -0.340. The smallest absolute Gasteiger partial charge is 0.0501 e. The molecule has 2 rings (SSSR count). The van der Waals surface area contributed by atoms with Gasteiger partial charge in [-0.1, -0.05) is 31.9 Å². The van der Waals surface area contributed by atoms with E-state index in [1.807, 2.05) is 0 Å². The summed E-state index contributed by atoms with van der Waals surface area (Å²) < 4.78 is 0. The van der Waals surface area contributed by atoms with Crippen molar-refractivity contribution in [3.63, 3.8) is 0 Å². The standard InChI is InChI=1S/C15H26O2/c1-11-5-6-13-14(2,10-17)7-4-8-15(13,3)12(11)9-16/h5,12-13,16-17H,4,6-10H2,1-3H3/t12-,13-,14+,15+/m1/s1. The number of rotatable bonds is 2. The first kappa shape index (κ1) is 13.1. The van der Waals surface area contributed by atoms with Crippen LogP contribution in [0, 0.1) is 22.7 Å². The highest BCUT2D eigenvalue weighted by Crippen LogP contribution is 2.59. The third-order valence-electron chi connectivity index (χ3n) is 5.67. The Morgan fingerprint density at radius 2 is 2.00 bits per heavy atom. The monoisotopic (exact) mass is 238 g/mol. The summed E-state index contributed by atoms with van der Waals surface area (Å²) >= 11 is 0. The van der Waals surface area contributed by atoms with Gasteiger partial charge in [0.2, 0.25) is 0 Å². The summed E-state index contributed by atoms with van der Waals surface area (Å²) in [7, 11) is 0. The van der Waals surface area contributed by atoms with E-state index >= 15 is 0 Å². The number of allylic oxidation sites excluding steroid dienone is 1. The SMILES string of the molecule is CC1=CC[C@@H]2[C@](C)(CO)CCC[C@@]2(C)[C@@H]1CO. The highest BCUT2D eigenvalue weighted by Gasteiger charge is 2.53. The molecule has 17 heavy (non-hydrogen) atoms. The van der Waals surface area contributed by atoms with Crippen LogP contribution in [-0.2, 0) is 0 Å². The maximum absolute atomic E-state index is 9.75. The van der Waals surface area contributed by atoms with Gasteiger partial charge in [-0.15, -0.1) is 0 Å². The van der Waals surface area contributed by atoms with Crippen LogP contribution in [0.3, 0.4) is 0 Å². The van der Waals surface area contributed by atoms with Gasteiger partial charge < -0.3 is 10.2 Å². The zero-order valence-electron chi connectivity index (χ0n) is 11.4. The molecule has 2 N–H and O–H groups in total. The average molecular weight is 238 g/mol. The highest BCUT2D eigenvalue weighted by molar-refractivity contribution is 5.18. The van der Waals surface area contributed by atoms with Crippen LogP contribution >= 0.6 is 0 Å². The van der Waals surface area contributed by atoms with E-state index in [1.54, 1.807) is 0 Å². The molecule has 0 spiro atoms. The molecule has 0 heterocycles. The van der Waals surface area contributed by atoms with Gasteiger partial charge in [0.15, 0.2) is 0 Å². The normalized spacial score (nSPS) is 46.3. The van der Waals surface area contributed by atoms with Crippen molar-refractivity contribution in [3.8, 4) is 0 Å². The van der Waals surface area contributed by atoms with Crippen LogP contribution in [0.4, 0.5) is 0 Å². The second-order valence-corrected chi connectivity index (χ2v) is 6.64. The Morgan fingerprint density at radius 1 is 1.29 bits per heavy atom. The molecule has 1 fully saturated rings. The Labute approximate surface area is 105 Å². The predicted molar refractivity (Wildman–Crippen MR) is 69.6 cm³/mol. The lowest BCUT2D eigenvalue weighted by molar-refractivity contribution is -0.0816. The van der Waals surface area contributed by atoms with Crippen molar-refractivity contribution in [1.82, 2.24) is 0 Å². The second kappa shape index (κ2) is 4.40. The lowest BCUT2D eigenvalue weighted by atomic mass is 9.48. The molecule has 0 aromatic carbocycles. The molecule has 2 nitrogen and oxygen atoms in total. The molecule has 0 aromatic rings. The molecule has 0 aromatic heterocycles. The summed E-state index contributed by atoms with van der Waals surface area (Å²) in [6.45, 7) is 7.21. The van der Waals surface area contributed by atoms with E-state index in [0.29, 0.717) is 5.92 Å². The molecule has 1 saturated carbocycles. The van der Waals surface area contributed by atoms with Crippen molar-refractivity contribution >= 4 is 0 Å². The van der Waals surface area contributed by atoms with Gasteiger partial charge in [-0.25, -0.2) is 0 Å². The molecule has 0 aliphatic heterocycles. The zero-order valence-corrected chi connectivity index (χ0v) is 11.4. The lowest BCUT2D eigenvalue weighted by Crippen LogP contribution is -2.51. The largest absolute Gasteiger partial charge is 0.396 e. The van der Waals surface area contributed by atoms with Gasteiger partial charge in [0, 0.05) is 12.5 Å². The van der Waals surface area contributed by atoms with Crippen molar-refractivity contribution in [3.05, 3.63) is 11.6 Å². The van der Waals surface area contributed by atoms with E-state index in [1.165, 1.54) is 18.4 Å². The number of hydrogen-bond donors (Lipinski definition) is 2. The second-order valence-electron chi connectivity index (χ2n) is 6.64. The highest BCUT2D eigenvalue weighted by atomic mass is 16.3. The first-order valence-corrected chi connectivity index (χ1v) is 6.86. The van der Waals surface area contributed by atoms with Crippen LogP contribution < -0.4 is 0 Å². The molecular weight excluding hydrogens is 212 g/mol. The van der Waals surface area contributed by atoms with E-state index in [2.05, 4.69) is 26.8 Å². The number of aliphatic hydroxyl groups excluding tert-OH is 2. The van der Waals surface area contributed by atoms with Gasteiger partial charge in [0.25, 0.3) is 0 Å². The molecule has 2 aliphatic carbocycles. The number of fused-ring (bicyclic) bond motifs is 1. The quantitative estimate of drug-likeness (QED) is 0.726. The molecule has 0 bridgehead atoms. The van der Waals surface area contributed by atoms with Crippen molar-refractivity contribution in [2.75, 3.05) is 13.2 Å². The van der Waals surface area contributed by atoms with Gasteiger partial charge in [0.1, 0.15) is 0 Å². The van der Waals surface area contributed by atoms with Crippen LogP contribution in [-0.4, -0.2) is 23.4 Å². The molecule has 98 valence electrons.